The largest absolute Gasteiger partial charge is 0.341 e. The Morgan fingerprint density at radius 2 is 1.96 bits per heavy atom. The van der Waals surface area contributed by atoms with Crippen LogP contribution in [0.4, 0.5) is 8.78 Å². The molecule has 1 amide bonds. The molecule has 4 nitrogen and oxygen atoms in total. The zero-order valence-electron chi connectivity index (χ0n) is 11.8. The molecular weight excluding hydrogens is 371 g/mol. The van der Waals surface area contributed by atoms with E-state index in [4.69, 9.17) is 23.2 Å². The molecule has 2 atom stereocenters. The van der Waals surface area contributed by atoms with Crippen molar-refractivity contribution >= 4 is 38.9 Å². The summed E-state index contributed by atoms with van der Waals surface area (Å²) in [6.45, 7) is 0.0627. The van der Waals surface area contributed by atoms with Gasteiger partial charge in [0.25, 0.3) is 5.92 Å². The molecule has 1 unspecified atom stereocenters. The first-order chi connectivity index (χ1) is 10.6. The Morgan fingerprint density at radius 1 is 1.30 bits per heavy atom. The minimum absolute atomic E-state index is 0.0102. The van der Waals surface area contributed by atoms with Gasteiger partial charge in [0.2, 0.25) is 5.91 Å². The van der Waals surface area contributed by atoms with Crippen molar-refractivity contribution in [3.63, 3.8) is 0 Å². The molecule has 9 heteroatoms. The van der Waals surface area contributed by atoms with Crippen molar-refractivity contribution in [2.24, 2.45) is 5.92 Å². The van der Waals surface area contributed by atoms with Crippen molar-refractivity contribution in [1.82, 2.24) is 4.90 Å². The van der Waals surface area contributed by atoms with Crippen LogP contribution < -0.4 is 0 Å². The van der Waals surface area contributed by atoms with Crippen LogP contribution in [-0.2, 0) is 14.6 Å². The molecule has 126 valence electrons. The fourth-order valence-corrected chi connectivity index (χ4v) is 5.24. The third-order valence-electron chi connectivity index (χ3n) is 4.22. The molecule has 0 N–H and O–H groups in total. The second kappa shape index (κ2) is 5.57. The van der Waals surface area contributed by atoms with Gasteiger partial charge < -0.3 is 4.90 Å². The van der Waals surface area contributed by atoms with Crippen molar-refractivity contribution in [2.45, 2.75) is 28.9 Å². The van der Waals surface area contributed by atoms with E-state index < -0.39 is 39.3 Å². The van der Waals surface area contributed by atoms with Gasteiger partial charge in [-0.15, -0.1) is 0 Å². The Labute approximate surface area is 142 Å². The van der Waals surface area contributed by atoms with Gasteiger partial charge in [0.1, 0.15) is 5.92 Å². The summed E-state index contributed by atoms with van der Waals surface area (Å²) < 4.78 is 51.3. The van der Waals surface area contributed by atoms with Crippen LogP contribution in [0.1, 0.15) is 12.8 Å². The van der Waals surface area contributed by atoms with Gasteiger partial charge in [0.15, 0.2) is 9.84 Å². The van der Waals surface area contributed by atoms with Crippen molar-refractivity contribution in [2.75, 3.05) is 13.1 Å². The van der Waals surface area contributed by atoms with Crippen LogP contribution in [0.2, 0.25) is 10.0 Å². The molecule has 1 aromatic rings. The fourth-order valence-electron chi connectivity index (χ4n) is 2.77. The highest BCUT2D eigenvalue weighted by molar-refractivity contribution is 7.92. The fraction of sp³-hybridized carbons (Fsp3) is 0.500. The van der Waals surface area contributed by atoms with E-state index in [1.54, 1.807) is 0 Å². The number of sulfone groups is 1. The van der Waals surface area contributed by atoms with Gasteiger partial charge >= 0.3 is 0 Å². The molecule has 0 bridgehead atoms. The second-order valence-corrected chi connectivity index (χ2v) is 8.87. The van der Waals surface area contributed by atoms with Gasteiger partial charge in [-0.25, -0.2) is 17.2 Å². The quantitative estimate of drug-likeness (QED) is 0.805. The zero-order chi connectivity index (χ0) is 17.0. The first kappa shape index (κ1) is 16.9. The van der Waals surface area contributed by atoms with Crippen LogP contribution in [0.15, 0.2) is 23.1 Å². The molecule has 0 aromatic heterocycles. The minimum atomic E-state index is -3.76. The lowest BCUT2D eigenvalue weighted by Crippen LogP contribution is -2.34. The summed E-state index contributed by atoms with van der Waals surface area (Å²) in [7, 11) is -3.76. The lowest BCUT2D eigenvalue weighted by atomic mass is 10.3. The van der Waals surface area contributed by atoms with E-state index in [1.807, 2.05) is 0 Å². The topological polar surface area (TPSA) is 54.5 Å². The van der Waals surface area contributed by atoms with Crippen molar-refractivity contribution < 1.29 is 22.0 Å². The average Bonchev–Trinajstić information content (AvgIpc) is 2.88. The van der Waals surface area contributed by atoms with Gasteiger partial charge in [-0.05, 0) is 24.6 Å². The molecule has 1 saturated heterocycles. The number of carbonyl (C=O) groups is 1. The first-order valence-electron chi connectivity index (χ1n) is 6.98. The summed E-state index contributed by atoms with van der Waals surface area (Å²) in [6, 6.07) is 4.07. The number of benzene rings is 1. The lowest BCUT2D eigenvalue weighted by molar-refractivity contribution is -0.133. The third-order valence-corrected chi connectivity index (χ3v) is 7.11. The highest BCUT2D eigenvalue weighted by Crippen LogP contribution is 2.50. The summed E-state index contributed by atoms with van der Waals surface area (Å²) in [5.41, 5.74) is 0. The standard InChI is InChI=1S/C14H13Cl2F2NO3S/c15-8-1-2-12(11(16)5-8)23(21,22)9-3-4-19(7-9)13(20)10-6-14(10,17)18/h1-2,5,9-10H,3-4,6-7H2/t9-,10?/m1/s1. The molecule has 1 aliphatic carbocycles. The minimum Gasteiger partial charge on any atom is -0.341 e. The van der Waals surface area contributed by atoms with E-state index in [0.717, 1.165) is 0 Å². The Bertz CT molecular complexity index is 769. The molecule has 2 aliphatic rings. The van der Waals surface area contributed by atoms with Crippen molar-refractivity contribution in [1.29, 1.82) is 0 Å². The van der Waals surface area contributed by atoms with Crippen molar-refractivity contribution in [3.05, 3.63) is 28.2 Å². The van der Waals surface area contributed by atoms with Crippen LogP contribution in [0, 0.1) is 5.92 Å². The van der Waals surface area contributed by atoms with Crippen LogP contribution in [0.25, 0.3) is 0 Å². The van der Waals surface area contributed by atoms with Gasteiger partial charge in [-0.1, -0.05) is 23.2 Å². The Hall–Kier alpha value is -0.920. The maximum atomic E-state index is 13.0. The summed E-state index contributed by atoms with van der Waals surface area (Å²) in [5.74, 6) is -4.92. The molecule has 3 rings (SSSR count). The van der Waals surface area contributed by atoms with Crippen molar-refractivity contribution in [3.8, 4) is 0 Å². The SMILES string of the molecule is O=C(C1CC1(F)F)N1CC[C@@H](S(=O)(=O)c2ccc(Cl)cc2Cl)C1. The molecule has 23 heavy (non-hydrogen) atoms. The molecular formula is C14H13Cl2F2NO3S. The monoisotopic (exact) mass is 383 g/mol. The van der Waals surface area contributed by atoms with E-state index in [0.29, 0.717) is 5.02 Å². The van der Waals surface area contributed by atoms with E-state index in [1.165, 1.54) is 23.1 Å². The predicted molar refractivity (Wildman–Crippen MR) is 81.7 cm³/mol. The lowest BCUT2D eigenvalue weighted by Gasteiger charge is -2.17. The van der Waals surface area contributed by atoms with Gasteiger partial charge in [-0.2, -0.15) is 0 Å². The maximum Gasteiger partial charge on any atom is 0.260 e. The van der Waals surface area contributed by atoms with E-state index >= 15 is 0 Å². The maximum absolute atomic E-state index is 13.0. The normalized spacial score (nSPS) is 26.3. The number of amides is 1. The van der Waals surface area contributed by atoms with Crippen LogP contribution in [0.5, 0.6) is 0 Å². The number of hydrogen-bond donors (Lipinski definition) is 0. The number of halogens is 4. The number of alkyl halides is 2. The molecule has 0 radical (unpaired) electrons. The molecule has 2 fully saturated rings. The highest BCUT2D eigenvalue weighted by Gasteiger charge is 2.62. The summed E-state index contributed by atoms with van der Waals surface area (Å²) in [5, 5.41) is -0.526. The van der Waals surface area contributed by atoms with Gasteiger partial charge in [0, 0.05) is 24.5 Å². The van der Waals surface area contributed by atoms with Crippen LogP contribution in [0.3, 0.4) is 0 Å². The summed E-state index contributed by atoms with van der Waals surface area (Å²) in [6.07, 6.45) is -0.256. The molecule has 1 heterocycles. The summed E-state index contributed by atoms with van der Waals surface area (Å²) >= 11 is 11.7. The Balaban J connectivity index is 1.76. The number of rotatable bonds is 3. The van der Waals surface area contributed by atoms with E-state index in [-0.39, 0.29) is 29.4 Å². The number of carbonyl (C=O) groups excluding carboxylic acids is 1. The molecule has 0 spiro atoms. The smallest absolute Gasteiger partial charge is 0.260 e. The zero-order valence-corrected chi connectivity index (χ0v) is 14.1. The Kier molecular flexibility index (Phi) is 4.09. The predicted octanol–water partition coefficient (Wildman–Crippen LogP) is 3.02. The summed E-state index contributed by atoms with van der Waals surface area (Å²) in [4.78, 5) is 13.1. The number of nitrogens with zero attached hydrogens (tertiary/aromatic N) is 1. The molecule has 1 saturated carbocycles. The van der Waals surface area contributed by atoms with Crippen LogP contribution in [-0.4, -0.2) is 43.5 Å². The van der Waals surface area contributed by atoms with Gasteiger partial charge in [0.05, 0.1) is 15.2 Å². The Morgan fingerprint density at radius 3 is 2.52 bits per heavy atom. The average molecular weight is 384 g/mol. The van der Waals surface area contributed by atoms with Gasteiger partial charge in [-0.3, -0.25) is 4.79 Å². The van der Waals surface area contributed by atoms with E-state index in [2.05, 4.69) is 0 Å². The second-order valence-electron chi connectivity index (χ2n) is 5.83. The first-order valence-corrected chi connectivity index (χ1v) is 9.29. The van der Waals surface area contributed by atoms with E-state index in [9.17, 15) is 22.0 Å². The highest BCUT2D eigenvalue weighted by atomic mass is 35.5. The van der Waals surface area contributed by atoms with Crippen LogP contribution >= 0.6 is 23.2 Å². The third kappa shape index (κ3) is 3.06. The molecule has 1 aliphatic heterocycles. The number of likely N-dealkylation sites (tertiary alicyclic amines) is 1. The molecule has 1 aromatic carbocycles. The number of hydrogen-bond acceptors (Lipinski definition) is 3.